The molecule has 0 atom stereocenters. The molecule has 0 fully saturated rings. The highest BCUT2D eigenvalue weighted by Gasteiger charge is 2.18. The van der Waals surface area contributed by atoms with Crippen molar-refractivity contribution >= 4 is 28.3 Å². The third-order valence-corrected chi connectivity index (χ3v) is 4.16. The average molecular weight is 350 g/mol. The van der Waals surface area contributed by atoms with Gasteiger partial charge in [0, 0.05) is 23.7 Å². The fraction of sp³-hybridized carbons (Fsp3) is 0.500. The van der Waals surface area contributed by atoms with Crippen LogP contribution in [0.5, 0.6) is 0 Å². The van der Waals surface area contributed by atoms with E-state index in [-0.39, 0.29) is 34.8 Å². The highest BCUT2D eigenvalue weighted by Crippen LogP contribution is 2.12. The molecule has 1 aromatic rings. The third kappa shape index (κ3) is 6.74. The Morgan fingerprint density at radius 1 is 1.32 bits per heavy atom. The Bertz CT molecular complexity index is 610. The van der Waals surface area contributed by atoms with Crippen LogP contribution in [0.3, 0.4) is 0 Å². The zero-order valence-electron chi connectivity index (χ0n) is 13.2. The number of hydrogen-bond donors (Lipinski definition) is 3. The molecule has 6 nitrogen and oxygen atoms in total. The second-order valence-corrected chi connectivity index (χ2v) is 7.69. The molecule has 0 aliphatic heterocycles. The molecule has 126 valence electrons. The highest BCUT2D eigenvalue weighted by atomic mass is 35.5. The van der Waals surface area contributed by atoms with Crippen LogP contribution < -0.4 is 15.8 Å². The van der Waals surface area contributed by atoms with Crippen molar-refractivity contribution in [1.29, 1.82) is 0 Å². The van der Waals surface area contributed by atoms with Crippen LogP contribution in [-0.4, -0.2) is 32.5 Å². The van der Waals surface area contributed by atoms with E-state index in [1.807, 2.05) is 0 Å². The van der Waals surface area contributed by atoms with Gasteiger partial charge in [0.2, 0.25) is 10.0 Å². The van der Waals surface area contributed by atoms with Crippen LogP contribution in [0.2, 0.25) is 0 Å². The quantitative estimate of drug-likeness (QED) is 0.719. The monoisotopic (exact) mass is 349 g/mol. The number of carbonyl (C=O) groups excluding carboxylic acids is 1. The minimum Gasteiger partial charge on any atom is -0.350 e. The summed E-state index contributed by atoms with van der Waals surface area (Å²) in [5, 5.41) is 2.68. The molecule has 0 saturated carbocycles. The zero-order chi connectivity index (χ0) is 16.3. The van der Waals surface area contributed by atoms with Crippen molar-refractivity contribution in [3.63, 3.8) is 0 Å². The van der Waals surface area contributed by atoms with Crippen LogP contribution in [0.1, 0.15) is 38.1 Å². The van der Waals surface area contributed by atoms with E-state index in [2.05, 4.69) is 10.0 Å². The Labute approximate surface area is 138 Å². The largest absolute Gasteiger partial charge is 0.350 e. The van der Waals surface area contributed by atoms with E-state index >= 15 is 0 Å². The van der Waals surface area contributed by atoms with E-state index in [4.69, 9.17) is 5.73 Å². The molecular formula is C14H24ClN3O3S. The zero-order valence-corrected chi connectivity index (χ0v) is 14.8. The molecule has 0 bridgehead atoms. The van der Waals surface area contributed by atoms with Gasteiger partial charge in [0.1, 0.15) is 0 Å². The van der Waals surface area contributed by atoms with Crippen molar-refractivity contribution in [3.8, 4) is 0 Å². The van der Waals surface area contributed by atoms with Crippen molar-refractivity contribution in [2.45, 2.75) is 44.2 Å². The number of rotatable bonds is 6. The van der Waals surface area contributed by atoms with Gasteiger partial charge in [-0.15, -0.1) is 12.4 Å². The molecule has 0 aliphatic carbocycles. The number of nitrogens with two attached hydrogens (primary N) is 1. The first-order valence-corrected chi connectivity index (χ1v) is 8.19. The second kappa shape index (κ2) is 7.92. The van der Waals surface area contributed by atoms with Crippen molar-refractivity contribution in [2.75, 3.05) is 6.54 Å². The first-order chi connectivity index (χ1) is 9.51. The van der Waals surface area contributed by atoms with Gasteiger partial charge in [-0.1, -0.05) is 6.07 Å². The Morgan fingerprint density at radius 3 is 2.41 bits per heavy atom. The fourth-order valence-corrected chi connectivity index (χ4v) is 2.89. The second-order valence-electron chi connectivity index (χ2n) is 5.98. The van der Waals surface area contributed by atoms with Gasteiger partial charge in [-0.05, 0) is 45.9 Å². The summed E-state index contributed by atoms with van der Waals surface area (Å²) >= 11 is 0. The van der Waals surface area contributed by atoms with Gasteiger partial charge in [-0.25, -0.2) is 13.1 Å². The molecule has 0 radical (unpaired) electrons. The number of amides is 1. The number of carbonyl (C=O) groups is 1. The van der Waals surface area contributed by atoms with Gasteiger partial charge in [0.25, 0.3) is 5.91 Å². The Hall–Kier alpha value is -1.15. The van der Waals surface area contributed by atoms with Gasteiger partial charge >= 0.3 is 0 Å². The SMILES string of the molecule is CC(C)NS(=O)(=O)c1cccc(C(=O)NCC(C)(C)N)c1.Cl. The standard InChI is InChI=1S/C14H23N3O3S.ClH/c1-10(2)17-21(19,20)12-7-5-6-11(8-12)13(18)16-9-14(3,4)15;/h5-8,10,17H,9,15H2,1-4H3,(H,16,18);1H. The maximum atomic E-state index is 12.1. The van der Waals surface area contributed by atoms with Crippen molar-refractivity contribution < 1.29 is 13.2 Å². The lowest BCUT2D eigenvalue weighted by molar-refractivity contribution is 0.0946. The topological polar surface area (TPSA) is 101 Å². The van der Waals surface area contributed by atoms with Crippen LogP contribution in [-0.2, 0) is 10.0 Å². The molecule has 22 heavy (non-hydrogen) atoms. The first-order valence-electron chi connectivity index (χ1n) is 6.71. The summed E-state index contributed by atoms with van der Waals surface area (Å²) in [5.74, 6) is -0.352. The van der Waals surface area contributed by atoms with E-state index < -0.39 is 15.6 Å². The molecule has 0 aromatic heterocycles. The smallest absolute Gasteiger partial charge is 0.251 e. The number of nitrogens with one attached hydrogen (secondary N) is 2. The molecule has 1 rings (SSSR count). The average Bonchev–Trinajstić information content (AvgIpc) is 2.33. The highest BCUT2D eigenvalue weighted by molar-refractivity contribution is 7.89. The summed E-state index contributed by atoms with van der Waals surface area (Å²) in [5.41, 5.74) is 5.55. The minimum atomic E-state index is -3.61. The lowest BCUT2D eigenvalue weighted by Gasteiger charge is -2.19. The van der Waals surface area contributed by atoms with Crippen LogP contribution in [0.25, 0.3) is 0 Å². The van der Waals surface area contributed by atoms with Crippen molar-refractivity contribution in [3.05, 3.63) is 29.8 Å². The van der Waals surface area contributed by atoms with E-state index in [1.54, 1.807) is 33.8 Å². The van der Waals surface area contributed by atoms with E-state index in [0.717, 1.165) is 0 Å². The molecule has 0 spiro atoms. The third-order valence-electron chi connectivity index (χ3n) is 2.50. The lowest BCUT2D eigenvalue weighted by Crippen LogP contribution is -2.45. The number of hydrogen-bond acceptors (Lipinski definition) is 4. The summed E-state index contributed by atoms with van der Waals surface area (Å²) in [6.07, 6.45) is 0. The fourth-order valence-electron chi connectivity index (χ4n) is 1.59. The Kier molecular flexibility index (Phi) is 7.50. The van der Waals surface area contributed by atoms with Crippen LogP contribution >= 0.6 is 12.4 Å². The van der Waals surface area contributed by atoms with Gasteiger partial charge in [0.05, 0.1) is 4.90 Å². The van der Waals surface area contributed by atoms with E-state index in [0.29, 0.717) is 6.54 Å². The predicted octanol–water partition coefficient (Wildman–Crippen LogP) is 1.26. The molecule has 1 amide bonds. The predicted molar refractivity (Wildman–Crippen MR) is 89.7 cm³/mol. The summed E-state index contributed by atoms with van der Waals surface area (Å²) in [7, 11) is -3.61. The van der Waals surface area contributed by atoms with Gasteiger partial charge in [-0.3, -0.25) is 4.79 Å². The summed E-state index contributed by atoms with van der Waals surface area (Å²) < 4.78 is 26.6. The number of sulfonamides is 1. The van der Waals surface area contributed by atoms with Gasteiger partial charge in [-0.2, -0.15) is 0 Å². The molecule has 0 aliphatic rings. The maximum Gasteiger partial charge on any atom is 0.251 e. The van der Waals surface area contributed by atoms with Crippen LogP contribution in [0.4, 0.5) is 0 Å². The number of benzene rings is 1. The molecule has 0 heterocycles. The van der Waals surface area contributed by atoms with Crippen molar-refractivity contribution in [2.24, 2.45) is 5.73 Å². The molecule has 8 heteroatoms. The Balaban J connectivity index is 0.00000441. The van der Waals surface area contributed by atoms with E-state index in [9.17, 15) is 13.2 Å². The lowest BCUT2D eigenvalue weighted by atomic mass is 10.1. The van der Waals surface area contributed by atoms with E-state index in [1.165, 1.54) is 18.2 Å². The summed E-state index contributed by atoms with van der Waals surface area (Å²) in [6.45, 7) is 7.35. The minimum absolute atomic E-state index is 0. The molecule has 1 aromatic carbocycles. The van der Waals surface area contributed by atoms with Gasteiger partial charge < -0.3 is 11.1 Å². The number of halogens is 1. The van der Waals surface area contributed by atoms with Crippen molar-refractivity contribution in [1.82, 2.24) is 10.0 Å². The van der Waals surface area contributed by atoms with Crippen LogP contribution in [0, 0.1) is 0 Å². The van der Waals surface area contributed by atoms with Gasteiger partial charge in [0.15, 0.2) is 0 Å². The molecule has 4 N–H and O–H groups in total. The summed E-state index contributed by atoms with van der Waals surface area (Å²) in [4.78, 5) is 12.1. The first kappa shape index (κ1) is 20.9. The Morgan fingerprint density at radius 2 is 1.91 bits per heavy atom. The normalized spacial score (nSPS) is 11.9. The molecular weight excluding hydrogens is 326 g/mol. The maximum absolute atomic E-state index is 12.1. The summed E-state index contributed by atoms with van der Waals surface area (Å²) in [6, 6.07) is 5.69. The molecule has 0 unspecified atom stereocenters. The molecule has 0 saturated heterocycles. The van der Waals surface area contributed by atoms with Crippen LogP contribution in [0.15, 0.2) is 29.2 Å².